The maximum Gasteiger partial charge on any atom is 0.229 e. The van der Waals surface area contributed by atoms with Crippen LogP contribution in [0.15, 0.2) is 48.5 Å². The van der Waals surface area contributed by atoms with E-state index in [4.69, 9.17) is 11.6 Å². The van der Waals surface area contributed by atoms with E-state index in [2.05, 4.69) is 16.3 Å². The number of piperidine rings is 1. The molecule has 2 aromatic carbocycles. The highest BCUT2D eigenvalue weighted by molar-refractivity contribution is 6.30. The number of anilines is 1. The molecule has 6 heteroatoms. The molecular weight excluding hydrogens is 415 g/mol. The van der Waals surface area contributed by atoms with Gasteiger partial charge in [0.2, 0.25) is 5.91 Å². The number of nitrogens with one attached hydrogen (secondary N) is 1. The number of rotatable bonds is 5. The van der Waals surface area contributed by atoms with Crippen LogP contribution in [0.5, 0.6) is 0 Å². The molecule has 1 fully saturated rings. The van der Waals surface area contributed by atoms with Gasteiger partial charge in [0.25, 0.3) is 0 Å². The summed E-state index contributed by atoms with van der Waals surface area (Å²) in [4.78, 5) is 14.7. The van der Waals surface area contributed by atoms with Crippen molar-refractivity contribution in [2.45, 2.75) is 39.2 Å². The van der Waals surface area contributed by atoms with Crippen molar-refractivity contribution in [1.82, 2.24) is 4.90 Å². The first-order chi connectivity index (χ1) is 14.6. The van der Waals surface area contributed by atoms with E-state index in [0.29, 0.717) is 42.2 Å². The maximum atomic E-state index is 14.0. The molecule has 31 heavy (non-hydrogen) atoms. The minimum Gasteiger partial charge on any atom is -0.385 e. The van der Waals surface area contributed by atoms with Gasteiger partial charge in [-0.3, -0.25) is 9.69 Å². The molecule has 0 aliphatic carbocycles. The molecule has 1 saturated heterocycles. The summed E-state index contributed by atoms with van der Waals surface area (Å²) in [6, 6.07) is 11.8. The Morgan fingerprint density at radius 1 is 1.19 bits per heavy atom. The van der Waals surface area contributed by atoms with Crippen molar-refractivity contribution < 1.29 is 14.3 Å². The Morgan fingerprint density at radius 3 is 2.45 bits per heavy atom. The summed E-state index contributed by atoms with van der Waals surface area (Å²) in [6.07, 6.45) is 5.06. The molecule has 2 N–H and O–H groups in total. The largest absolute Gasteiger partial charge is 0.385 e. The molecule has 1 aliphatic heterocycles. The van der Waals surface area contributed by atoms with Gasteiger partial charge in [-0.15, -0.1) is 0 Å². The molecule has 0 atom stereocenters. The Morgan fingerprint density at radius 2 is 1.84 bits per heavy atom. The topological polar surface area (TPSA) is 52.6 Å². The first kappa shape index (κ1) is 23.5. The molecule has 1 amide bonds. The van der Waals surface area contributed by atoms with Crippen LogP contribution in [0, 0.1) is 11.2 Å². The normalized spacial score (nSPS) is 17.1. The van der Waals surface area contributed by atoms with Gasteiger partial charge in [0.1, 0.15) is 5.82 Å². The quantitative estimate of drug-likeness (QED) is 0.643. The SMILES string of the molecule is CC(C)(C)C(=O)Nc1ccc(F)cc1C1(O)CCN(C/C=C/c2ccc(Cl)cc2)CC1. The number of hydrogen-bond donors (Lipinski definition) is 2. The van der Waals surface area contributed by atoms with Gasteiger partial charge in [0.05, 0.1) is 5.60 Å². The molecule has 1 aliphatic rings. The van der Waals surface area contributed by atoms with Gasteiger partial charge in [-0.25, -0.2) is 4.39 Å². The highest BCUT2D eigenvalue weighted by Crippen LogP contribution is 2.38. The molecule has 0 unspecified atom stereocenters. The third kappa shape index (κ3) is 6.16. The van der Waals surface area contributed by atoms with Crippen molar-refractivity contribution in [3.8, 4) is 0 Å². The predicted molar refractivity (Wildman–Crippen MR) is 125 cm³/mol. The molecule has 2 aromatic rings. The van der Waals surface area contributed by atoms with Crippen LogP contribution in [0.2, 0.25) is 5.02 Å². The van der Waals surface area contributed by atoms with Crippen LogP contribution in [0.3, 0.4) is 0 Å². The van der Waals surface area contributed by atoms with E-state index < -0.39 is 16.8 Å². The van der Waals surface area contributed by atoms with Gasteiger partial charge in [-0.1, -0.05) is 56.7 Å². The van der Waals surface area contributed by atoms with Crippen molar-refractivity contribution in [3.05, 3.63) is 70.5 Å². The lowest BCUT2D eigenvalue weighted by Crippen LogP contribution is -2.43. The van der Waals surface area contributed by atoms with E-state index in [-0.39, 0.29) is 5.91 Å². The summed E-state index contributed by atoms with van der Waals surface area (Å²) in [5.74, 6) is -0.598. The minimum absolute atomic E-state index is 0.172. The Balaban J connectivity index is 1.66. The number of carbonyl (C=O) groups is 1. The van der Waals surface area contributed by atoms with E-state index in [1.807, 2.05) is 51.1 Å². The van der Waals surface area contributed by atoms with Crippen molar-refractivity contribution in [2.75, 3.05) is 25.0 Å². The smallest absolute Gasteiger partial charge is 0.229 e. The molecule has 4 nitrogen and oxygen atoms in total. The average molecular weight is 445 g/mol. The highest BCUT2D eigenvalue weighted by Gasteiger charge is 2.36. The molecule has 0 bridgehead atoms. The number of hydrogen-bond acceptors (Lipinski definition) is 3. The zero-order chi connectivity index (χ0) is 22.6. The van der Waals surface area contributed by atoms with E-state index in [0.717, 1.165) is 12.1 Å². The molecule has 0 radical (unpaired) electrons. The molecule has 1 heterocycles. The lowest BCUT2D eigenvalue weighted by atomic mass is 9.83. The second-order valence-electron chi connectivity index (χ2n) is 9.18. The molecule has 166 valence electrons. The van der Waals surface area contributed by atoms with E-state index >= 15 is 0 Å². The summed E-state index contributed by atoms with van der Waals surface area (Å²) in [5.41, 5.74) is 0.228. The minimum atomic E-state index is -1.18. The van der Waals surface area contributed by atoms with Crippen molar-refractivity contribution in [1.29, 1.82) is 0 Å². The Hall–Kier alpha value is -2.21. The zero-order valence-electron chi connectivity index (χ0n) is 18.3. The number of likely N-dealkylation sites (tertiary alicyclic amines) is 1. The van der Waals surface area contributed by atoms with Gasteiger partial charge in [-0.05, 0) is 48.7 Å². The van der Waals surface area contributed by atoms with E-state index in [1.165, 1.54) is 18.2 Å². The second kappa shape index (κ2) is 9.51. The molecule has 0 spiro atoms. The first-order valence-electron chi connectivity index (χ1n) is 10.6. The van der Waals surface area contributed by atoms with Crippen LogP contribution >= 0.6 is 11.6 Å². The van der Waals surface area contributed by atoms with Gasteiger partial charge in [-0.2, -0.15) is 0 Å². The van der Waals surface area contributed by atoms with Crippen LogP contribution in [0.4, 0.5) is 10.1 Å². The highest BCUT2D eigenvalue weighted by atomic mass is 35.5. The van der Waals surface area contributed by atoms with Crippen LogP contribution in [-0.4, -0.2) is 35.5 Å². The Kier molecular flexibility index (Phi) is 7.20. The third-order valence-electron chi connectivity index (χ3n) is 5.64. The van der Waals surface area contributed by atoms with Crippen molar-refractivity contribution >= 4 is 29.3 Å². The van der Waals surface area contributed by atoms with Crippen LogP contribution in [-0.2, 0) is 10.4 Å². The summed E-state index contributed by atoms with van der Waals surface area (Å²) in [5, 5.41) is 14.9. The number of halogens is 2. The predicted octanol–water partition coefficient (Wildman–Crippen LogP) is 5.46. The first-order valence-corrected chi connectivity index (χ1v) is 10.9. The van der Waals surface area contributed by atoms with Gasteiger partial charge >= 0.3 is 0 Å². The summed E-state index contributed by atoms with van der Waals surface area (Å²) in [6.45, 7) is 7.55. The molecule has 3 rings (SSSR count). The van der Waals surface area contributed by atoms with Crippen LogP contribution in [0.1, 0.15) is 44.7 Å². The van der Waals surface area contributed by atoms with Gasteiger partial charge in [0, 0.05) is 41.3 Å². The number of amides is 1. The fourth-order valence-corrected chi connectivity index (χ4v) is 3.73. The summed E-state index contributed by atoms with van der Waals surface area (Å²) in [7, 11) is 0. The van der Waals surface area contributed by atoms with Crippen molar-refractivity contribution in [3.63, 3.8) is 0 Å². The van der Waals surface area contributed by atoms with E-state index in [9.17, 15) is 14.3 Å². The fourth-order valence-electron chi connectivity index (χ4n) is 3.61. The standard InChI is InChI=1S/C25H30ClFN2O2/c1-24(2,3)23(30)28-22-11-10-20(27)17-21(22)25(31)12-15-29(16-13-25)14-4-5-18-6-8-19(26)9-7-18/h4-11,17,31H,12-16H2,1-3H3,(H,28,30)/b5-4+. The number of benzene rings is 2. The van der Waals surface area contributed by atoms with E-state index in [1.54, 1.807) is 0 Å². The number of carbonyl (C=O) groups excluding carboxylic acids is 1. The lowest BCUT2D eigenvalue weighted by molar-refractivity contribution is -0.123. The van der Waals surface area contributed by atoms with Gasteiger partial charge < -0.3 is 10.4 Å². The second-order valence-corrected chi connectivity index (χ2v) is 9.62. The van der Waals surface area contributed by atoms with Crippen LogP contribution < -0.4 is 5.32 Å². The summed E-state index contributed by atoms with van der Waals surface area (Å²) >= 11 is 5.91. The molecule has 0 saturated carbocycles. The summed E-state index contributed by atoms with van der Waals surface area (Å²) < 4.78 is 14.0. The monoisotopic (exact) mass is 444 g/mol. The number of nitrogens with zero attached hydrogens (tertiary/aromatic N) is 1. The van der Waals surface area contributed by atoms with Crippen LogP contribution in [0.25, 0.3) is 6.08 Å². The lowest BCUT2D eigenvalue weighted by Gasteiger charge is -2.39. The van der Waals surface area contributed by atoms with Gasteiger partial charge in [0.15, 0.2) is 0 Å². The Labute approximate surface area is 188 Å². The zero-order valence-corrected chi connectivity index (χ0v) is 19.0. The average Bonchev–Trinajstić information content (AvgIpc) is 2.71. The van der Waals surface area contributed by atoms with Crippen molar-refractivity contribution in [2.24, 2.45) is 5.41 Å². The third-order valence-corrected chi connectivity index (χ3v) is 5.89. The Bertz CT molecular complexity index is 943. The number of aliphatic hydroxyl groups is 1. The molecule has 0 aromatic heterocycles. The fraction of sp³-hybridized carbons (Fsp3) is 0.400. The maximum absolute atomic E-state index is 14.0. The molecular formula is C25H30ClFN2O2.